The largest absolute Gasteiger partial charge is 0.497 e. The van der Waals surface area contributed by atoms with Crippen LogP contribution in [0.4, 0.5) is 5.69 Å². The van der Waals surface area contributed by atoms with Gasteiger partial charge in [-0.25, -0.2) is 0 Å². The number of thiocarbonyl (C=S) groups is 1. The van der Waals surface area contributed by atoms with Crippen LogP contribution in [0.25, 0.3) is 0 Å². The number of nitrogens with one attached hydrogen (secondary N) is 2. The molecule has 0 aliphatic heterocycles. The maximum Gasteiger partial charge on any atom is 0.171 e. The lowest BCUT2D eigenvalue weighted by molar-refractivity contribution is 0.414. The molecule has 2 rings (SSSR count). The number of aryl methyl sites for hydroxylation is 1. The van der Waals surface area contributed by atoms with Gasteiger partial charge < -0.3 is 15.4 Å². The van der Waals surface area contributed by atoms with Gasteiger partial charge in [0, 0.05) is 10.2 Å². The topological polar surface area (TPSA) is 33.3 Å². The van der Waals surface area contributed by atoms with Crippen molar-refractivity contribution in [2.45, 2.75) is 33.2 Å². The predicted molar refractivity (Wildman–Crippen MR) is 113 cm³/mol. The van der Waals surface area contributed by atoms with Crippen molar-refractivity contribution in [1.82, 2.24) is 5.32 Å². The molecule has 1 unspecified atom stereocenters. The zero-order chi connectivity index (χ0) is 18.4. The van der Waals surface area contributed by atoms with Gasteiger partial charge in [-0.2, -0.15) is 0 Å². The first-order valence-corrected chi connectivity index (χ1v) is 9.56. The number of halogens is 1. The average molecular weight is 421 g/mol. The van der Waals surface area contributed by atoms with Crippen LogP contribution in [0.15, 0.2) is 46.9 Å². The van der Waals surface area contributed by atoms with Crippen LogP contribution >= 0.6 is 28.1 Å². The second-order valence-electron chi connectivity index (χ2n) is 6.52. The monoisotopic (exact) mass is 420 g/mol. The smallest absolute Gasteiger partial charge is 0.171 e. The van der Waals surface area contributed by atoms with E-state index in [1.165, 1.54) is 11.1 Å². The Kier molecular flexibility index (Phi) is 7.26. The van der Waals surface area contributed by atoms with Crippen LogP contribution in [0.5, 0.6) is 5.75 Å². The number of ether oxygens (including phenoxy) is 1. The van der Waals surface area contributed by atoms with Crippen molar-refractivity contribution < 1.29 is 4.74 Å². The summed E-state index contributed by atoms with van der Waals surface area (Å²) in [6, 6.07) is 14.4. The van der Waals surface area contributed by atoms with Crippen molar-refractivity contribution in [1.29, 1.82) is 0 Å². The van der Waals surface area contributed by atoms with Crippen LogP contribution in [0, 0.1) is 12.8 Å². The Morgan fingerprint density at radius 2 is 1.84 bits per heavy atom. The standard InChI is InChI=1S/C20H25BrN2OS/c1-13(2)11-19(15-5-8-17(24-4)9-6-15)23-20(25)22-16-7-10-18(21)14(3)12-16/h5-10,12-13,19H,11H2,1-4H3,(H2,22,23,25). The zero-order valence-electron chi connectivity index (χ0n) is 15.1. The molecule has 2 N–H and O–H groups in total. The second kappa shape index (κ2) is 9.20. The van der Waals surface area contributed by atoms with Crippen molar-refractivity contribution in [2.24, 2.45) is 5.92 Å². The molecule has 25 heavy (non-hydrogen) atoms. The summed E-state index contributed by atoms with van der Waals surface area (Å²) in [4.78, 5) is 0. The molecule has 0 aliphatic carbocycles. The van der Waals surface area contributed by atoms with Gasteiger partial charge in [0.05, 0.1) is 13.2 Å². The Labute approximate surface area is 164 Å². The molecule has 0 bridgehead atoms. The Balaban J connectivity index is 2.09. The van der Waals surface area contributed by atoms with Gasteiger partial charge in [-0.3, -0.25) is 0 Å². The Bertz CT molecular complexity index is 716. The first-order valence-electron chi connectivity index (χ1n) is 8.36. The van der Waals surface area contributed by atoms with Crippen LogP contribution in [-0.4, -0.2) is 12.2 Å². The van der Waals surface area contributed by atoms with Crippen LogP contribution in [0.1, 0.15) is 37.4 Å². The van der Waals surface area contributed by atoms with E-state index >= 15 is 0 Å². The van der Waals surface area contributed by atoms with E-state index in [0.29, 0.717) is 11.0 Å². The van der Waals surface area contributed by atoms with Crippen LogP contribution in [-0.2, 0) is 0 Å². The summed E-state index contributed by atoms with van der Waals surface area (Å²) in [7, 11) is 1.68. The quantitative estimate of drug-likeness (QED) is 0.574. The van der Waals surface area contributed by atoms with E-state index in [4.69, 9.17) is 17.0 Å². The normalized spacial score (nSPS) is 11.9. The van der Waals surface area contributed by atoms with Gasteiger partial charge in [0.2, 0.25) is 0 Å². The highest BCUT2D eigenvalue weighted by molar-refractivity contribution is 9.10. The van der Waals surface area contributed by atoms with Crippen LogP contribution in [0.2, 0.25) is 0 Å². The number of anilines is 1. The Hall–Kier alpha value is -1.59. The first-order chi connectivity index (χ1) is 11.9. The molecule has 134 valence electrons. The third-order valence-electron chi connectivity index (χ3n) is 3.95. The molecule has 3 nitrogen and oxygen atoms in total. The highest BCUT2D eigenvalue weighted by Gasteiger charge is 2.15. The minimum absolute atomic E-state index is 0.155. The third kappa shape index (κ3) is 6.01. The van der Waals surface area contributed by atoms with E-state index in [-0.39, 0.29) is 6.04 Å². The van der Waals surface area contributed by atoms with E-state index in [9.17, 15) is 0 Å². The molecule has 2 aromatic carbocycles. The van der Waals surface area contributed by atoms with Crippen LogP contribution < -0.4 is 15.4 Å². The molecule has 0 fully saturated rings. The van der Waals surface area contributed by atoms with Crippen molar-refractivity contribution in [3.8, 4) is 5.75 Å². The lowest BCUT2D eigenvalue weighted by atomic mass is 9.97. The molecule has 2 aromatic rings. The Morgan fingerprint density at radius 3 is 2.40 bits per heavy atom. The number of hydrogen-bond acceptors (Lipinski definition) is 2. The van der Waals surface area contributed by atoms with E-state index in [0.717, 1.165) is 22.3 Å². The Morgan fingerprint density at radius 1 is 1.16 bits per heavy atom. The fraction of sp³-hybridized carbons (Fsp3) is 0.350. The van der Waals surface area contributed by atoms with Crippen molar-refractivity contribution in [3.05, 3.63) is 58.1 Å². The first kappa shape index (κ1) is 19.7. The molecule has 0 aromatic heterocycles. The van der Waals surface area contributed by atoms with E-state index in [1.54, 1.807) is 7.11 Å². The number of benzene rings is 2. The molecule has 0 spiro atoms. The van der Waals surface area contributed by atoms with Gasteiger partial charge in [-0.1, -0.05) is 41.9 Å². The summed E-state index contributed by atoms with van der Waals surface area (Å²) in [6.07, 6.45) is 0.994. The fourth-order valence-corrected chi connectivity index (χ4v) is 3.14. The van der Waals surface area contributed by atoms with Crippen molar-refractivity contribution in [2.75, 3.05) is 12.4 Å². The SMILES string of the molecule is COc1ccc(C(CC(C)C)NC(=S)Nc2ccc(Br)c(C)c2)cc1. The molecular formula is C20H25BrN2OS. The molecule has 5 heteroatoms. The third-order valence-corrected chi connectivity index (χ3v) is 5.06. The minimum Gasteiger partial charge on any atom is -0.497 e. The molecule has 0 saturated carbocycles. The molecule has 0 aliphatic rings. The van der Waals surface area contributed by atoms with E-state index in [1.807, 2.05) is 24.3 Å². The number of hydrogen-bond donors (Lipinski definition) is 2. The molecule has 0 heterocycles. The zero-order valence-corrected chi connectivity index (χ0v) is 17.5. The number of methoxy groups -OCH3 is 1. The highest BCUT2D eigenvalue weighted by atomic mass is 79.9. The van der Waals surface area contributed by atoms with Crippen LogP contribution in [0.3, 0.4) is 0 Å². The van der Waals surface area contributed by atoms with Crippen molar-refractivity contribution >= 4 is 38.9 Å². The lowest BCUT2D eigenvalue weighted by Crippen LogP contribution is -2.33. The molecule has 0 amide bonds. The summed E-state index contributed by atoms with van der Waals surface area (Å²) in [5, 5.41) is 7.36. The van der Waals surface area contributed by atoms with Gasteiger partial charge in [0.25, 0.3) is 0 Å². The summed E-state index contributed by atoms with van der Waals surface area (Å²) in [5.41, 5.74) is 3.35. The van der Waals surface area contributed by atoms with E-state index in [2.05, 4.69) is 65.5 Å². The average Bonchev–Trinajstić information content (AvgIpc) is 2.57. The summed E-state index contributed by atoms with van der Waals surface area (Å²) in [6.45, 7) is 6.49. The minimum atomic E-state index is 0.155. The maximum absolute atomic E-state index is 5.53. The molecule has 1 atom stereocenters. The second-order valence-corrected chi connectivity index (χ2v) is 7.78. The lowest BCUT2D eigenvalue weighted by Gasteiger charge is -2.23. The van der Waals surface area contributed by atoms with Gasteiger partial charge in [-0.15, -0.1) is 0 Å². The molecule has 0 saturated heterocycles. The summed E-state index contributed by atoms with van der Waals surface area (Å²) < 4.78 is 6.34. The van der Waals surface area contributed by atoms with Gasteiger partial charge in [-0.05, 0) is 72.9 Å². The van der Waals surface area contributed by atoms with Gasteiger partial charge in [0.1, 0.15) is 5.75 Å². The fourth-order valence-electron chi connectivity index (χ4n) is 2.63. The van der Waals surface area contributed by atoms with Gasteiger partial charge in [0.15, 0.2) is 5.11 Å². The maximum atomic E-state index is 5.53. The molecular weight excluding hydrogens is 396 g/mol. The highest BCUT2D eigenvalue weighted by Crippen LogP contribution is 2.24. The molecule has 0 radical (unpaired) electrons. The summed E-state index contributed by atoms with van der Waals surface area (Å²) in [5.74, 6) is 1.41. The summed E-state index contributed by atoms with van der Waals surface area (Å²) >= 11 is 9.05. The van der Waals surface area contributed by atoms with Gasteiger partial charge >= 0.3 is 0 Å². The predicted octanol–water partition coefficient (Wildman–Crippen LogP) is 5.84. The number of rotatable bonds is 6. The van der Waals surface area contributed by atoms with Crippen molar-refractivity contribution in [3.63, 3.8) is 0 Å². The van der Waals surface area contributed by atoms with E-state index < -0.39 is 0 Å².